The summed E-state index contributed by atoms with van der Waals surface area (Å²) in [7, 11) is 0. The van der Waals surface area contributed by atoms with Crippen molar-refractivity contribution in [1.82, 2.24) is 5.32 Å². The van der Waals surface area contributed by atoms with Crippen molar-refractivity contribution in [3.63, 3.8) is 0 Å². The number of ketones is 1. The van der Waals surface area contributed by atoms with Crippen LogP contribution < -0.4 is 5.32 Å². The molecule has 1 amide bonds. The zero-order valence-corrected chi connectivity index (χ0v) is 15.3. The molecule has 0 radical (unpaired) electrons. The first-order valence-corrected chi connectivity index (χ1v) is 8.00. The average Bonchev–Trinajstić information content (AvgIpc) is 2.44. The summed E-state index contributed by atoms with van der Waals surface area (Å²) in [6, 6.07) is 5.81. The fourth-order valence-electron chi connectivity index (χ4n) is 2.05. The van der Waals surface area contributed by atoms with Crippen molar-refractivity contribution in [3.8, 4) is 0 Å². The van der Waals surface area contributed by atoms with E-state index in [4.69, 9.17) is 0 Å². The van der Waals surface area contributed by atoms with Gasteiger partial charge in [-0.15, -0.1) is 0 Å². The fraction of sp³-hybridized carbons (Fsp3) is 0.526. The van der Waals surface area contributed by atoms with Crippen LogP contribution in [0.4, 0.5) is 0 Å². The molecule has 24 heavy (non-hydrogen) atoms. The van der Waals surface area contributed by atoms with Crippen LogP contribution in [-0.4, -0.2) is 28.8 Å². The Morgan fingerprint density at radius 3 is 1.88 bits per heavy atom. The number of amides is 1. The van der Waals surface area contributed by atoms with Crippen molar-refractivity contribution < 1.29 is 19.5 Å². The zero-order chi connectivity index (χ0) is 18.7. The monoisotopic (exact) mass is 333 g/mol. The van der Waals surface area contributed by atoms with Crippen LogP contribution in [0.5, 0.6) is 0 Å². The van der Waals surface area contributed by atoms with Gasteiger partial charge in [-0.1, -0.05) is 53.7 Å². The van der Waals surface area contributed by atoms with Crippen molar-refractivity contribution >= 4 is 17.7 Å². The van der Waals surface area contributed by atoms with Crippen LogP contribution in [0.25, 0.3) is 0 Å². The number of benzene rings is 1. The van der Waals surface area contributed by atoms with E-state index in [1.54, 1.807) is 32.9 Å². The van der Waals surface area contributed by atoms with Gasteiger partial charge in [0, 0.05) is 17.4 Å². The van der Waals surface area contributed by atoms with Gasteiger partial charge in [-0.25, -0.2) is 4.79 Å². The molecule has 132 valence electrons. The van der Waals surface area contributed by atoms with Gasteiger partial charge in [0.15, 0.2) is 0 Å². The van der Waals surface area contributed by atoms with Crippen molar-refractivity contribution in [2.24, 2.45) is 5.41 Å². The van der Waals surface area contributed by atoms with Gasteiger partial charge >= 0.3 is 5.97 Å². The van der Waals surface area contributed by atoms with E-state index < -0.39 is 23.3 Å². The third kappa shape index (κ3) is 5.48. The third-order valence-corrected chi connectivity index (χ3v) is 3.84. The van der Waals surface area contributed by atoms with E-state index in [2.05, 4.69) is 26.1 Å². The number of carboxylic acids is 1. The molecule has 0 saturated carbocycles. The zero-order valence-electron chi connectivity index (χ0n) is 15.3. The summed E-state index contributed by atoms with van der Waals surface area (Å²) in [4.78, 5) is 35.7. The van der Waals surface area contributed by atoms with E-state index in [9.17, 15) is 19.5 Å². The van der Waals surface area contributed by atoms with E-state index in [0.717, 1.165) is 5.56 Å². The molecule has 0 bridgehead atoms. The Morgan fingerprint density at radius 1 is 1.00 bits per heavy atom. The van der Waals surface area contributed by atoms with Crippen molar-refractivity contribution in [2.75, 3.05) is 0 Å². The Balaban J connectivity index is 2.86. The lowest BCUT2D eigenvalue weighted by atomic mass is 9.86. The normalized spacial score (nSPS) is 13.2. The van der Waals surface area contributed by atoms with Gasteiger partial charge in [-0.05, 0) is 23.1 Å². The molecule has 5 heteroatoms. The Bertz CT molecular complexity index is 618. The molecule has 1 rings (SSSR count). The molecule has 1 unspecified atom stereocenters. The second-order valence-electron chi connectivity index (χ2n) is 8.07. The number of rotatable bonds is 5. The van der Waals surface area contributed by atoms with Crippen LogP contribution in [0, 0.1) is 5.41 Å². The summed E-state index contributed by atoms with van der Waals surface area (Å²) >= 11 is 0. The minimum atomic E-state index is -1.23. The Labute approximate surface area is 143 Å². The molecule has 0 aliphatic rings. The van der Waals surface area contributed by atoms with Gasteiger partial charge in [-0.3, -0.25) is 9.59 Å². The first kappa shape index (κ1) is 19.9. The molecule has 1 aromatic carbocycles. The van der Waals surface area contributed by atoms with E-state index >= 15 is 0 Å². The molecule has 0 aliphatic carbocycles. The fourth-order valence-corrected chi connectivity index (χ4v) is 2.05. The Hall–Kier alpha value is -2.17. The summed E-state index contributed by atoms with van der Waals surface area (Å²) in [5, 5.41) is 11.7. The summed E-state index contributed by atoms with van der Waals surface area (Å²) < 4.78 is 0. The number of carboxylic acid groups (broad SMARTS) is 1. The molecule has 0 aromatic heterocycles. The quantitative estimate of drug-likeness (QED) is 0.867. The molecule has 1 atom stereocenters. The van der Waals surface area contributed by atoms with Gasteiger partial charge in [-0.2, -0.15) is 0 Å². The number of aliphatic carboxylic acids is 1. The van der Waals surface area contributed by atoms with Crippen molar-refractivity contribution in [3.05, 3.63) is 35.4 Å². The van der Waals surface area contributed by atoms with Crippen molar-refractivity contribution in [1.29, 1.82) is 0 Å². The molecule has 1 aromatic rings. The highest BCUT2D eigenvalue weighted by Gasteiger charge is 2.29. The predicted molar refractivity (Wildman–Crippen MR) is 93.1 cm³/mol. The van der Waals surface area contributed by atoms with Crippen molar-refractivity contribution in [2.45, 2.75) is 59.4 Å². The summed E-state index contributed by atoms with van der Waals surface area (Å²) in [6.45, 7) is 11.4. The van der Waals surface area contributed by atoms with Crippen LogP contribution in [0.2, 0.25) is 0 Å². The van der Waals surface area contributed by atoms with Gasteiger partial charge in [0.05, 0.1) is 0 Å². The van der Waals surface area contributed by atoms with Crippen LogP contribution in [-0.2, 0) is 15.0 Å². The number of carbonyl (C=O) groups excluding carboxylic acids is 2. The first-order valence-electron chi connectivity index (χ1n) is 8.00. The topological polar surface area (TPSA) is 83.5 Å². The van der Waals surface area contributed by atoms with E-state index in [1.165, 1.54) is 0 Å². The molecule has 0 heterocycles. The summed E-state index contributed by atoms with van der Waals surface area (Å²) in [5.41, 5.74) is 0.777. The second-order valence-corrected chi connectivity index (χ2v) is 8.07. The third-order valence-electron chi connectivity index (χ3n) is 3.84. The lowest BCUT2D eigenvalue weighted by molar-refractivity contribution is -0.142. The minimum Gasteiger partial charge on any atom is -0.480 e. The van der Waals surface area contributed by atoms with E-state index in [0.29, 0.717) is 5.56 Å². The molecule has 2 N–H and O–H groups in total. The molecule has 0 aliphatic heterocycles. The number of hydrogen-bond donors (Lipinski definition) is 2. The number of nitrogens with one attached hydrogen (secondary N) is 1. The Kier molecular flexibility index (Phi) is 5.93. The van der Waals surface area contributed by atoms with Crippen LogP contribution in [0.1, 0.15) is 63.9 Å². The maximum absolute atomic E-state index is 12.3. The summed E-state index contributed by atoms with van der Waals surface area (Å²) in [6.07, 6.45) is -0.231. The van der Waals surface area contributed by atoms with Crippen LogP contribution in [0.3, 0.4) is 0 Å². The average molecular weight is 333 g/mol. The highest BCUT2D eigenvalue weighted by Crippen LogP contribution is 2.22. The Morgan fingerprint density at radius 2 is 1.50 bits per heavy atom. The SMILES string of the molecule is CC(C)(C)C(=O)CC(NC(=O)c1ccc(C(C)(C)C)cc1)C(=O)O. The smallest absolute Gasteiger partial charge is 0.326 e. The predicted octanol–water partition coefficient (Wildman–Crippen LogP) is 3.17. The van der Waals surface area contributed by atoms with Gasteiger partial charge in [0.1, 0.15) is 11.8 Å². The molecule has 0 spiro atoms. The van der Waals surface area contributed by atoms with Gasteiger partial charge in [0.2, 0.25) is 0 Å². The first-order chi connectivity index (χ1) is 10.8. The number of hydrogen-bond acceptors (Lipinski definition) is 3. The molecular formula is C19H27NO4. The lowest BCUT2D eigenvalue weighted by Gasteiger charge is -2.21. The minimum absolute atomic E-state index is 0.0300. The summed E-state index contributed by atoms with van der Waals surface area (Å²) in [5.74, 6) is -1.92. The molecule has 0 fully saturated rings. The van der Waals surface area contributed by atoms with E-state index in [1.807, 2.05) is 12.1 Å². The standard InChI is InChI=1S/C19H27NO4/c1-18(2,3)13-9-7-12(8-10-13)16(22)20-14(17(23)24)11-15(21)19(4,5)6/h7-10,14H,11H2,1-6H3,(H,20,22)(H,23,24). The van der Waals surface area contributed by atoms with E-state index in [-0.39, 0.29) is 17.6 Å². The maximum atomic E-state index is 12.3. The van der Waals surface area contributed by atoms with Crippen LogP contribution >= 0.6 is 0 Å². The lowest BCUT2D eigenvalue weighted by Crippen LogP contribution is -2.43. The second kappa shape index (κ2) is 7.16. The largest absolute Gasteiger partial charge is 0.480 e. The van der Waals surface area contributed by atoms with Gasteiger partial charge in [0.25, 0.3) is 5.91 Å². The highest BCUT2D eigenvalue weighted by atomic mass is 16.4. The number of carbonyl (C=O) groups is 3. The van der Waals surface area contributed by atoms with Gasteiger partial charge < -0.3 is 10.4 Å². The molecule has 0 saturated heterocycles. The van der Waals surface area contributed by atoms with Crippen LogP contribution in [0.15, 0.2) is 24.3 Å². The maximum Gasteiger partial charge on any atom is 0.326 e. The molecular weight excluding hydrogens is 306 g/mol. The molecule has 5 nitrogen and oxygen atoms in total. The highest BCUT2D eigenvalue weighted by molar-refractivity contribution is 5.98. The number of Topliss-reactive ketones (excluding diaryl/α,β-unsaturated/α-hetero) is 1.